The number of carbonyl (C=O) groups is 3. The molecule has 0 unspecified atom stereocenters. The van der Waals surface area contributed by atoms with Gasteiger partial charge in [-0.3, -0.25) is 9.59 Å². The van der Waals surface area contributed by atoms with Crippen LogP contribution >= 0.6 is 46.4 Å². The van der Waals surface area contributed by atoms with Gasteiger partial charge in [0.05, 0.1) is 37.9 Å². The van der Waals surface area contributed by atoms with Gasteiger partial charge in [-0.1, -0.05) is 84.5 Å². The molecule has 9 nitrogen and oxygen atoms in total. The first-order chi connectivity index (χ1) is 24.9. The fourth-order valence-corrected chi connectivity index (χ4v) is 6.01. The lowest BCUT2D eigenvalue weighted by Gasteiger charge is -2.14. The number of halogens is 6. The van der Waals surface area contributed by atoms with Crippen molar-refractivity contribution in [1.82, 2.24) is 5.32 Å². The molecular formula is C37H35Cl4F2N3O6. The lowest BCUT2D eigenvalue weighted by molar-refractivity contribution is -0.158. The molecule has 0 aliphatic heterocycles. The molecule has 4 aromatic rings. The molecule has 0 saturated carbocycles. The molecule has 0 aromatic heterocycles. The van der Waals surface area contributed by atoms with Crippen molar-refractivity contribution in [3.05, 3.63) is 115 Å². The van der Waals surface area contributed by atoms with Crippen LogP contribution in [0.1, 0.15) is 53.7 Å². The number of carbonyl (C=O) groups excluding carboxylic acids is 3. The quantitative estimate of drug-likeness (QED) is 0.0716. The molecule has 0 bridgehead atoms. The minimum atomic E-state index is -1.04. The van der Waals surface area contributed by atoms with Gasteiger partial charge in [-0.25, -0.2) is 13.6 Å². The maximum Gasteiger partial charge on any atom is 0.333 e. The van der Waals surface area contributed by atoms with E-state index in [1.165, 1.54) is 24.3 Å². The summed E-state index contributed by atoms with van der Waals surface area (Å²) in [7, 11) is 0. The molecular weight excluding hydrogens is 762 g/mol. The molecule has 15 heteroatoms. The van der Waals surface area contributed by atoms with Gasteiger partial charge in [-0.2, -0.15) is 0 Å². The largest absolute Gasteiger partial charge is 0.486 e. The van der Waals surface area contributed by atoms with E-state index in [0.29, 0.717) is 30.0 Å². The third kappa shape index (κ3) is 11.1. The van der Waals surface area contributed by atoms with Crippen molar-refractivity contribution in [3.8, 4) is 11.5 Å². The maximum atomic E-state index is 14.8. The van der Waals surface area contributed by atoms with E-state index in [2.05, 4.69) is 16.0 Å². The fourth-order valence-electron chi connectivity index (χ4n) is 4.78. The van der Waals surface area contributed by atoms with E-state index in [-0.39, 0.29) is 67.9 Å². The number of rotatable bonds is 17. The summed E-state index contributed by atoms with van der Waals surface area (Å²) in [5, 5.41) is 8.42. The van der Waals surface area contributed by atoms with Crippen LogP contribution in [-0.2, 0) is 34.0 Å². The average Bonchev–Trinajstić information content (AvgIpc) is 3.09. The Bertz CT molecular complexity index is 1880. The molecule has 0 aliphatic carbocycles. The molecule has 1 amide bonds. The molecule has 52 heavy (non-hydrogen) atoms. The molecule has 0 heterocycles. The van der Waals surface area contributed by atoms with Gasteiger partial charge in [0.2, 0.25) is 0 Å². The molecule has 0 radical (unpaired) electrons. The van der Waals surface area contributed by atoms with Gasteiger partial charge in [0.1, 0.15) is 19.8 Å². The summed E-state index contributed by atoms with van der Waals surface area (Å²) in [6.45, 7) is 4.16. The highest BCUT2D eigenvalue weighted by Gasteiger charge is 2.19. The van der Waals surface area contributed by atoms with E-state index in [9.17, 15) is 23.2 Å². The Labute approximate surface area is 319 Å². The van der Waals surface area contributed by atoms with Crippen LogP contribution in [0.4, 0.5) is 20.2 Å². The van der Waals surface area contributed by atoms with E-state index in [1.807, 2.05) is 13.8 Å². The maximum absolute atomic E-state index is 14.8. The van der Waals surface area contributed by atoms with Crippen LogP contribution in [-0.4, -0.2) is 37.5 Å². The van der Waals surface area contributed by atoms with Crippen LogP contribution in [0.15, 0.2) is 60.7 Å². The van der Waals surface area contributed by atoms with Gasteiger partial charge in [0.25, 0.3) is 5.91 Å². The zero-order chi connectivity index (χ0) is 37.8. The number of hydrogen-bond donors (Lipinski definition) is 3. The van der Waals surface area contributed by atoms with Crippen LogP contribution in [0.5, 0.6) is 11.5 Å². The first-order valence-corrected chi connectivity index (χ1v) is 17.7. The van der Waals surface area contributed by atoms with Crippen molar-refractivity contribution >= 4 is 75.6 Å². The molecule has 3 N–H and O–H groups in total. The number of esters is 2. The van der Waals surface area contributed by atoms with Gasteiger partial charge in [-0.15, -0.1) is 0 Å². The molecule has 4 aromatic carbocycles. The van der Waals surface area contributed by atoms with Crippen molar-refractivity contribution < 1.29 is 37.4 Å². The van der Waals surface area contributed by atoms with E-state index < -0.39 is 36.0 Å². The summed E-state index contributed by atoms with van der Waals surface area (Å²) in [5.41, 5.74) is 1.56. The van der Waals surface area contributed by atoms with Crippen molar-refractivity contribution in [2.24, 2.45) is 0 Å². The van der Waals surface area contributed by atoms with Crippen LogP contribution in [0.3, 0.4) is 0 Å². The van der Waals surface area contributed by atoms with E-state index >= 15 is 0 Å². The van der Waals surface area contributed by atoms with Crippen LogP contribution < -0.4 is 25.4 Å². The molecule has 0 aliphatic rings. The Balaban J connectivity index is 1.27. The smallest absolute Gasteiger partial charge is 0.333 e. The zero-order valence-electron chi connectivity index (χ0n) is 28.1. The summed E-state index contributed by atoms with van der Waals surface area (Å²) in [6, 6.07) is 15.1. The third-order valence-electron chi connectivity index (χ3n) is 7.32. The first kappa shape index (κ1) is 40.5. The highest BCUT2D eigenvalue weighted by molar-refractivity contribution is 6.38. The second-order valence-electron chi connectivity index (χ2n) is 11.4. The predicted molar refractivity (Wildman–Crippen MR) is 199 cm³/mol. The lowest BCUT2D eigenvalue weighted by atomic mass is 10.1. The topological polar surface area (TPSA) is 115 Å². The van der Waals surface area contributed by atoms with Crippen molar-refractivity contribution in [2.75, 3.05) is 30.3 Å². The molecule has 276 valence electrons. The average molecular weight is 798 g/mol. The molecule has 0 atom stereocenters. The predicted octanol–water partition coefficient (Wildman–Crippen LogP) is 9.42. The van der Waals surface area contributed by atoms with Gasteiger partial charge in [0.15, 0.2) is 23.1 Å². The number of hydrogen-bond acceptors (Lipinski definition) is 8. The number of benzene rings is 4. The summed E-state index contributed by atoms with van der Waals surface area (Å²) in [6.07, 6.45) is 1.27. The second kappa shape index (κ2) is 19.5. The van der Waals surface area contributed by atoms with Crippen LogP contribution in [0.2, 0.25) is 20.1 Å². The monoisotopic (exact) mass is 795 g/mol. The zero-order valence-corrected chi connectivity index (χ0v) is 31.2. The Hall–Kier alpha value is -4.29. The minimum absolute atomic E-state index is 0.00591. The van der Waals surface area contributed by atoms with Gasteiger partial charge < -0.3 is 30.2 Å². The highest BCUT2D eigenvalue weighted by atomic mass is 35.5. The Morgan fingerprint density at radius 3 is 1.60 bits per heavy atom. The Morgan fingerprint density at radius 1 is 0.673 bits per heavy atom. The normalized spacial score (nSPS) is 10.8. The van der Waals surface area contributed by atoms with E-state index in [1.54, 1.807) is 36.4 Å². The summed E-state index contributed by atoms with van der Waals surface area (Å²) >= 11 is 25.3. The molecule has 0 spiro atoms. The van der Waals surface area contributed by atoms with Crippen LogP contribution in [0.25, 0.3) is 0 Å². The molecule has 0 fully saturated rings. The SMILES string of the molecule is CCCNc1cccc(COc2c(Cl)cc(CC(=O)OC(=O)CNC(=O)c3cc(Cl)c(OCc4cccc(NCCC)c4F)c(Cl)c3)cc2Cl)c1F. The molecule has 0 saturated heterocycles. The fraction of sp³-hybridized carbons (Fsp3) is 0.270. The number of nitrogens with one attached hydrogen (secondary N) is 3. The van der Waals surface area contributed by atoms with Gasteiger partial charge in [0, 0.05) is 29.8 Å². The summed E-state index contributed by atoms with van der Waals surface area (Å²) in [4.78, 5) is 37.6. The Morgan fingerprint density at radius 2 is 1.13 bits per heavy atom. The summed E-state index contributed by atoms with van der Waals surface area (Å²) < 4.78 is 45.9. The third-order valence-corrected chi connectivity index (χ3v) is 8.44. The van der Waals surface area contributed by atoms with Gasteiger partial charge >= 0.3 is 11.9 Å². The van der Waals surface area contributed by atoms with Crippen LogP contribution in [0, 0.1) is 11.6 Å². The van der Waals surface area contributed by atoms with E-state index in [0.717, 1.165) is 12.8 Å². The van der Waals surface area contributed by atoms with Crippen molar-refractivity contribution in [3.63, 3.8) is 0 Å². The number of ether oxygens (including phenoxy) is 3. The summed E-state index contributed by atoms with van der Waals surface area (Å²) in [5.74, 6) is -3.51. The lowest BCUT2D eigenvalue weighted by Crippen LogP contribution is -2.32. The Kier molecular flexibility index (Phi) is 15.2. The first-order valence-electron chi connectivity index (χ1n) is 16.2. The molecule has 4 rings (SSSR count). The van der Waals surface area contributed by atoms with E-state index in [4.69, 9.17) is 60.6 Å². The number of anilines is 2. The second-order valence-corrected chi connectivity index (χ2v) is 13.0. The van der Waals surface area contributed by atoms with Crippen molar-refractivity contribution in [1.29, 1.82) is 0 Å². The minimum Gasteiger partial charge on any atom is -0.486 e. The van der Waals surface area contributed by atoms with Crippen molar-refractivity contribution in [2.45, 2.75) is 46.3 Å². The number of amides is 1. The standard InChI is InChI=1S/C37H35Cl4F2N3O6/c1-3-11-44-29-9-5-7-22(33(29)42)19-50-35-25(38)13-21(14-26(35)39)15-31(47)52-32(48)18-46-37(49)24-16-27(40)36(28(41)17-24)51-20-23-8-6-10-30(34(23)43)45-12-4-2/h5-10,13-14,16-17,44-45H,3-4,11-12,15,18-20H2,1-2H3,(H,46,49). The highest BCUT2D eigenvalue weighted by Crippen LogP contribution is 2.36. The van der Waals surface area contributed by atoms with Gasteiger partial charge in [-0.05, 0) is 54.8 Å².